The summed E-state index contributed by atoms with van der Waals surface area (Å²) in [6, 6.07) is 1.52. The van der Waals surface area contributed by atoms with Crippen molar-refractivity contribution in [1.29, 1.82) is 0 Å². The fourth-order valence-electron chi connectivity index (χ4n) is 0.845. The number of hydrogen-bond donors (Lipinski definition) is 0. The Balaban J connectivity index is 2.97. The average molecular weight is 166 g/mol. The standard InChI is InChI=1S/C8H10N2O2/c1-3-12-8-4-7(5-11)9-6(2)10-8/h4-5H,3H2,1-2H3. The summed E-state index contributed by atoms with van der Waals surface area (Å²) < 4.78 is 5.12. The maximum Gasteiger partial charge on any atom is 0.217 e. The van der Waals surface area contributed by atoms with Crippen LogP contribution in [-0.4, -0.2) is 22.9 Å². The van der Waals surface area contributed by atoms with Gasteiger partial charge in [0, 0.05) is 6.07 Å². The first-order valence-corrected chi connectivity index (χ1v) is 3.70. The Morgan fingerprint density at radius 1 is 1.58 bits per heavy atom. The first-order valence-electron chi connectivity index (χ1n) is 3.70. The topological polar surface area (TPSA) is 52.1 Å². The molecule has 0 spiro atoms. The molecule has 0 aromatic carbocycles. The number of aldehydes is 1. The lowest BCUT2D eigenvalue weighted by atomic mass is 10.4. The number of aromatic nitrogens is 2. The highest BCUT2D eigenvalue weighted by Gasteiger charge is 2.00. The predicted octanol–water partition coefficient (Wildman–Crippen LogP) is 0.996. The summed E-state index contributed by atoms with van der Waals surface area (Å²) in [5, 5.41) is 0. The molecule has 0 saturated carbocycles. The van der Waals surface area contributed by atoms with E-state index in [1.54, 1.807) is 6.92 Å². The van der Waals surface area contributed by atoms with Gasteiger partial charge >= 0.3 is 0 Å². The molecule has 1 rings (SSSR count). The van der Waals surface area contributed by atoms with Crippen LogP contribution in [0.3, 0.4) is 0 Å². The van der Waals surface area contributed by atoms with Crippen molar-refractivity contribution < 1.29 is 9.53 Å². The van der Waals surface area contributed by atoms with Crippen LogP contribution in [-0.2, 0) is 0 Å². The molecule has 0 fully saturated rings. The maximum atomic E-state index is 10.4. The van der Waals surface area contributed by atoms with E-state index in [0.717, 1.165) is 0 Å². The molecular weight excluding hydrogens is 156 g/mol. The molecule has 12 heavy (non-hydrogen) atoms. The van der Waals surface area contributed by atoms with Crippen LogP contribution in [0, 0.1) is 6.92 Å². The summed E-state index contributed by atoms with van der Waals surface area (Å²) in [5.41, 5.74) is 0.353. The predicted molar refractivity (Wildman–Crippen MR) is 43.3 cm³/mol. The molecular formula is C8H10N2O2. The zero-order valence-electron chi connectivity index (χ0n) is 7.07. The molecule has 64 valence electrons. The van der Waals surface area contributed by atoms with E-state index in [1.165, 1.54) is 6.07 Å². The van der Waals surface area contributed by atoms with Gasteiger partial charge in [0.1, 0.15) is 11.5 Å². The lowest BCUT2D eigenvalue weighted by molar-refractivity contribution is 0.111. The van der Waals surface area contributed by atoms with Crippen LogP contribution in [0.1, 0.15) is 23.2 Å². The fourth-order valence-corrected chi connectivity index (χ4v) is 0.845. The van der Waals surface area contributed by atoms with Crippen molar-refractivity contribution in [3.05, 3.63) is 17.6 Å². The lowest BCUT2D eigenvalue weighted by Crippen LogP contribution is -2.00. The molecule has 0 amide bonds. The summed E-state index contributed by atoms with van der Waals surface area (Å²) >= 11 is 0. The van der Waals surface area contributed by atoms with Crippen molar-refractivity contribution in [2.24, 2.45) is 0 Å². The molecule has 1 aromatic heterocycles. The second-order valence-corrected chi connectivity index (χ2v) is 2.23. The molecule has 0 unspecified atom stereocenters. The van der Waals surface area contributed by atoms with Gasteiger partial charge in [0.05, 0.1) is 6.61 Å². The van der Waals surface area contributed by atoms with Crippen molar-refractivity contribution >= 4 is 6.29 Å². The molecule has 4 nitrogen and oxygen atoms in total. The smallest absolute Gasteiger partial charge is 0.217 e. The Morgan fingerprint density at radius 2 is 2.33 bits per heavy atom. The van der Waals surface area contributed by atoms with Crippen LogP contribution in [0.5, 0.6) is 5.88 Å². The summed E-state index contributed by atoms with van der Waals surface area (Å²) in [4.78, 5) is 18.2. The third kappa shape index (κ3) is 2.02. The molecule has 0 bridgehead atoms. The minimum atomic E-state index is 0.353. The van der Waals surface area contributed by atoms with Gasteiger partial charge in [-0.15, -0.1) is 0 Å². The zero-order chi connectivity index (χ0) is 8.97. The Kier molecular flexibility index (Phi) is 2.74. The molecule has 0 radical (unpaired) electrons. The van der Waals surface area contributed by atoms with Crippen LogP contribution in [0.25, 0.3) is 0 Å². The fraction of sp³-hybridized carbons (Fsp3) is 0.375. The van der Waals surface area contributed by atoms with Crippen molar-refractivity contribution in [3.63, 3.8) is 0 Å². The largest absolute Gasteiger partial charge is 0.478 e. The number of ether oxygens (including phenoxy) is 1. The molecule has 0 N–H and O–H groups in total. The van der Waals surface area contributed by atoms with Gasteiger partial charge < -0.3 is 4.74 Å². The van der Waals surface area contributed by atoms with Gasteiger partial charge in [0.2, 0.25) is 5.88 Å². The Morgan fingerprint density at radius 3 is 2.92 bits per heavy atom. The van der Waals surface area contributed by atoms with E-state index >= 15 is 0 Å². The van der Waals surface area contributed by atoms with E-state index in [4.69, 9.17) is 4.74 Å². The van der Waals surface area contributed by atoms with E-state index in [9.17, 15) is 4.79 Å². The molecule has 1 heterocycles. The van der Waals surface area contributed by atoms with Crippen LogP contribution in [0.15, 0.2) is 6.07 Å². The van der Waals surface area contributed by atoms with Crippen molar-refractivity contribution in [3.8, 4) is 5.88 Å². The number of hydrogen-bond acceptors (Lipinski definition) is 4. The van der Waals surface area contributed by atoms with Crippen molar-refractivity contribution in [2.75, 3.05) is 6.61 Å². The number of rotatable bonds is 3. The van der Waals surface area contributed by atoms with Gasteiger partial charge in [-0.05, 0) is 13.8 Å². The molecule has 0 aliphatic carbocycles. The van der Waals surface area contributed by atoms with Crippen LogP contribution in [0.2, 0.25) is 0 Å². The second kappa shape index (κ2) is 3.80. The summed E-state index contributed by atoms with van der Waals surface area (Å²) in [5.74, 6) is 0.996. The zero-order valence-corrected chi connectivity index (χ0v) is 7.07. The van der Waals surface area contributed by atoms with E-state index in [-0.39, 0.29) is 0 Å². The molecule has 4 heteroatoms. The summed E-state index contributed by atoms with van der Waals surface area (Å²) in [6.07, 6.45) is 0.678. The number of nitrogens with zero attached hydrogens (tertiary/aromatic N) is 2. The second-order valence-electron chi connectivity index (χ2n) is 2.23. The highest BCUT2D eigenvalue weighted by Crippen LogP contribution is 2.07. The van der Waals surface area contributed by atoms with E-state index in [2.05, 4.69) is 9.97 Å². The van der Waals surface area contributed by atoms with Gasteiger partial charge in [-0.1, -0.05) is 0 Å². The first-order chi connectivity index (χ1) is 5.76. The van der Waals surface area contributed by atoms with Gasteiger partial charge in [-0.2, -0.15) is 4.98 Å². The molecule has 0 aliphatic heterocycles. The van der Waals surface area contributed by atoms with Gasteiger partial charge in [-0.25, -0.2) is 4.98 Å². The SMILES string of the molecule is CCOc1cc(C=O)nc(C)n1. The molecule has 0 aliphatic rings. The van der Waals surface area contributed by atoms with Crippen LogP contribution < -0.4 is 4.74 Å². The van der Waals surface area contributed by atoms with E-state index < -0.39 is 0 Å². The average Bonchev–Trinajstić information content (AvgIpc) is 2.04. The minimum Gasteiger partial charge on any atom is -0.478 e. The number of aryl methyl sites for hydroxylation is 1. The van der Waals surface area contributed by atoms with Gasteiger partial charge in [-0.3, -0.25) is 4.79 Å². The third-order valence-electron chi connectivity index (χ3n) is 1.25. The van der Waals surface area contributed by atoms with Gasteiger partial charge in [0.15, 0.2) is 6.29 Å². The monoisotopic (exact) mass is 166 g/mol. The third-order valence-corrected chi connectivity index (χ3v) is 1.25. The normalized spacial score (nSPS) is 9.50. The van der Waals surface area contributed by atoms with Gasteiger partial charge in [0.25, 0.3) is 0 Å². The van der Waals surface area contributed by atoms with Crippen LogP contribution >= 0.6 is 0 Å². The Bertz CT molecular complexity index is 286. The number of carbonyl (C=O) groups excluding carboxylic acids is 1. The molecule has 0 saturated heterocycles. The molecule has 1 aromatic rings. The Hall–Kier alpha value is -1.45. The molecule has 0 atom stereocenters. The van der Waals surface area contributed by atoms with E-state index in [0.29, 0.717) is 30.3 Å². The van der Waals surface area contributed by atoms with Crippen LogP contribution in [0.4, 0.5) is 0 Å². The highest BCUT2D eigenvalue weighted by atomic mass is 16.5. The minimum absolute atomic E-state index is 0.353. The first kappa shape index (κ1) is 8.64. The van der Waals surface area contributed by atoms with Crippen molar-refractivity contribution in [1.82, 2.24) is 9.97 Å². The maximum absolute atomic E-state index is 10.4. The highest BCUT2D eigenvalue weighted by molar-refractivity contribution is 5.72. The number of carbonyl (C=O) groups is 1. The lowest BCUT2D eigenvalue weighted by Gasteiger charge is -2.02. The summed E-state index contributed by atoms with van der Waals surface area (Å²) in [7, 11) is 0. The summed E-state index contributed by atoms with van der Waals surface area (Å²) in [6.45, 7) is 4.11. The quantitative estimate of drug-likeness (QED) is 0.628. The Labute approximate surface area is 70.6 Å². The van der Waals surface area contributed by atoms with Crippen molar-refractivity contribution in [2.45, 2.75) is 13.8 Å². The van der Waals surface area contributed by atoms with E-state index in [1.807, 2.05) is 6.92 Å².